The molecule has 1 heterocycles. The molecule has 1 saturated carbocycles. The number of amides is 4. The summed E-state index contributed by atoms with van der Waals surface area (Å²) in [6.07, 6.45) is 4.11. The Bertz CT molecular complexity index is 992. The zero-order valence-corrected chi connectivity index (χ0v) is 16.7. The number of hydrogen-bond acceptors (Lipinski definition) is 4. The Morgan fingerprint density at radius 1 is 0.933 bits per heavy atom. The summed E-state index contributed by atoms with van der Waals surface area (Å²) < 4.78 is 0. The fraction of sp³-hybridized carbons (Fsp3) is 0.304. The molecule has 1 fully saturated rings. The van der Waals surface area contributed by atoms with Crippen molar-refractivity contribution in [3.05, 3.63) is 65.2 Å². The molecule has 0 bridgehead atoms. The zero-order chi connectivity index (χ0) is 21.3. The summed E-state index contributed by atoms with van der Waals surface area (Å²) in [6, 6.07) is 12.4. The molecule has 1 aliphatic carbocycles. The summed E-state index contributed by atoms with van der Waals surface area (Å²) in [4.78, 5) is 51.8. The fourth-order valence-corrected chi connectivity index (χ4v) is 4.04. The molecule has 0 saturated heterocycles. The molecule has 1 unspecified atom stereocenters. The summed E-state index contributed by atoms with van der Waals surface area (Å²) in [6.45, 7) is 1.50. The predicted molar refractivity (Wildman–Crippen MR) is 111 cm³/mol. The van der Waals surface area contributed by atoms with Gasteiger partial charge in [0.1, 0.15) is 6.04 Å². The van der Waals surface area contributed by atoms with Crippen molar-refractivity contribution in [2.24, 2.45) is 0 Å². The van der Waals surface area contributed by atoms with Crippen molar-refractivity contribution >= 4 is 29.3 Å². The van der Waals surface area contributed by atoms with E-state index in [4.69, 9.17) is 0 Å². The lowest BCUT2D eigenvalue weighted by Gasteiger charge is -2.22. The smallest absolute Gasteiger partial charge is 0.262 e. The maximum atomic E-state index is 12.9. The Hall–Kier alpha value is -3.48. The monoisotopic (exact) mass is 405 g/mol. The van der Waals surface area contributed by atoms with E-state index in [1.165, 1.54) is 6.92 Å². The van der Waals surface area contributed by atoms with Gasteiger partial charge in [-0.1, -0.05) is 37.1 Å². The molecule has 2 aliphatic rings. The average Bonchev–Trinajstić information content (AvgIpc) is 3.35. The van der Waals surface area contributed by atoms with Gasteiger partial charge in [0, 0.05) is 6.04 Å². The molecule has 0 aromatic heterocycles. The Morgan fingerprint density at radius 3 is 2.13 bits per heavy atom. The first kappa shape index (κ1) is 19.8. The van der Waals surface area contributed by atoms with Crippen LogP contribution >= 0.6 is 0 Å². The van der Waals surface area contributed by atoms with Gasteiger partial charge in [0.25, 0.3) is 17.7 Å². The van der Waals surface area contributed by atoms with Crippen LogP contribution in [0.3, 0.4) is 0 Å². The quantitative estimate of drug-likeness (QED) is 0.748. The molecular formula is C23H23N3O4. The Labute approximate surface area is 174 Å². The lowest BCUT2D eigenvalue weighted by atomic mass is 10.1. The first-order valence-corrected chi connectivity index (χ1v) is 10.1. The maximum Gasteiger partial charge on any atom is 0.262 e. The van der Waals surface area contributed by atoms with E-state index in [2.05, 4.69) is 10.6 Å². The second-order valence-corrected chi connectivity index (χ2v) is 7.69. The Morgan fingerprint density at radius 2 is 1.50 bits per heavy atom. The second-order valence-electron chi connectivity index (χ2n) is 7.69. The summed E-state index contributed by atoms with van der Waals surface area (Å²) in [5.74, 6) is -1.77. The fourth-order valence-electron chi connectivity index (χ4n) is 4.04. The van der Waals surface area contributed by atoms with E-state index in [9.17, 15) is 19.2 Å². The van der Waals surface area contributed by atoms with Gasteiger partial charge in [0.15, 0.2) is 0 Å². The van der Waals surface area contributed by atoms with Crippen molar-refractivity contribution in [1.82, 2.24) is 10.2 Å². The molecule has 7 nitrogen and oxygen atoms in total. The van der Waals surface area contributed by atoms with Gasteiger partial charge in [-0.15, -0.1) is 0 Å². The van der Waals surface area contributed by atoms with Gasteiger partial charge in [-0.05, 0) is 44.0 Å². The molecular weight excluding hydrogens is 382 g/mol. The normalized spacial score (nSPS) is 17.0. The van der Waals surface area contributed by atoms with Crippen LogP contribution in [0, 0.1) is 0 Å². The van der Waals surface area contributed by atoms with E-state index in [0.29, 0.717) is 22.4 Å². The third-order valence-corrected chi connectivity index (χ3v) is 5.71. The van der Waals surface area contributed by atoms with Crippen molar-refractivity contribution in [2.75, 3.05) is 5.32 Å². The van der Waals surface area contributed by atoms with Crippen LogP contribution < -0.4 is 10.6 Å². The third-order valence-electron chi connectivity index (χ3n) is 5.71. The molecule has 4 amide bonds. The van der Waals surface area contributed by atoms with Crippen LogP contribution in [-0.4, -0.2) is 40.6 Å². The van der Waals surface area contributed by atoms with E-state index in [1.807, 2.05) is 0 Å². The highest BCUT2D eigenvalue weighted by atomic mass is 16.2. The first-order valence-electron chi connectivity index (χ1n) is 10.1. The van der Waals surface area contributed by atoms with Gasteiger partial charge in [0.05, 0.1) is 22.4 Å². The Kier molecular flexibility index (Phi) is 5.35. The minimum Gasteiger partial charge on any atom is -0.349 e. The largest absolute Gasteiger partial charge is 0.349 e. The number of para-hydroxylation sites is 1. The van der Waals surface area contributed by atoms with Crippen LogP contribution in [0.5, 0.6) is 0 Å². The van der Waals surface area contributed by atoms with Gasteiger partial charge in [0.2, 0.25) is 5.91 Å². The highest BCUT2D eigenvalue weighted by molar-refractivity contribution is 6.23. The number of benzene rings is 2. The van der Waals surface area contributed by atoms with Crippen molar-refractivity contribution in [3.8, 4) is 0 Å². The SMILES string of the molecule is CC(C(=O)Nc1ccccc1C(=O)NC1CCCC1)N1C(=O)c2ccccc2C1=O. The lowest BCUT2D eigenvalue weighted by molar-refractivity contribution is -0.119. The molecule has 1 aliphatic heterocycles. The summed E-state index contributed by atoms with van der Waals surface area (Å²) in [7, 11) is 0. The van der Waals surface area contributed by atoms with Gasteiger partial charge < -0.3 is 10.6 Å². The molecule has 4 rings (SSSR count). The maximum absolute atomic E-state index is 12.9. The number of nitrogens with one attached hydrogen (secondary N) is 2. The van der Waals surface area contributed by atoms with E-state index in [-0.39, 0.29) is 11.9 Å². The summed E-state index contributed by atoms with van der Waals surface area (Å²) >= 11 is 0. The molecule has 154 valence electrons. The predicted octanol–water partition coefficient (Wildman–Crippen LogP) is 2.98. The van der Waals surface area contributed by atoms with E-state index >= 15 is 0 Å². The second kappa shape index (κ2) is 8.10. The molecule has 2 aromatic carbocycles. The van der Waals surface area contributed by atoms with Crippen molar-refractivity contribution < 1.29 is 19.2 Å². The van der Waals surface area contributed by atoms with E-state index in [1.54, 1.807) is 48.5 Å². The molecule has 30 heavy (non-hydrogen) atoms. The molecule has 2 N–H and O–H groups in total. The number of fused-ring (bicyclic) bond motifs is 1. The summed E-state index contributed by atoms with van der Waals surface area (Å²) in [5, 5.41) is 5.73. The minimum atomic E-state index is -1.02. The highest BCUT2D eigenvalue weighted by Gasteiger charge is 2.40. The topological polar surface area (TPSA) is 95.6 Å². The van der Waals surface area contributed by atoms with Crippen LogP contribution in [0.1, 0.15) is 63.7 Å². The summed E-state index contributed by atoms with van der Waals surface area (Å²) in [5.41, 5.74) is 1.28. The lowest BCUT2D eigenvalue weighted by Crippen LogP contribution is -2.45. The highest BCUT2D eigenvalue weighted by Crippen LogP contribution is 2.25. The molecule has 1 atom stereocenters. The van der Waals surface area contributed by atoms with Gasteiger partial charge >= 0.3 is 0 Å². The van der Waals surface area contributed by atoms with Crippen LogP contribution in [-0.2, 0) is 4.79 Å². The molecule has 0 radical (unpaired) electrons. The third kappa shape index (κ3) is 3.58. The number of rotatable bonds is 5. The van der Waals surface area contributed by atoms with Crippen LogP contribution in [0.4, 0.5) is 5.69 Å². The van der Waals surface area contributed by atoms with Crippen molar-refractivity contribution in [3.63, 3.8) is 0 Å². The van der Waals surface area contributed by atoms with Crippen LogP contribution in [0.2, 0.25) is 0 Å². The number of carbonyl (C=O) groups excluding carboxylic acids is 4. The van der Waals surface area contributed by atoms with Gasteiger partial charge in [-0.2, -0.15) is 0 Å². The van der Waals surface area contributed by atoms with Crippen molar-refractivity contribution in [1.29, 1.82) is 0 Å². The molecule has 0 spiro atoms. The first-order chi connectivity index (χ1) is 14.5. The number of imide groups is 1. The molecule has 7 heteroatoms. The number of nitrogens with zero attached hydrogens (tertiary/aromatic N) is 1. The van der Waals surface area contributed by atoms with Crippen molar-refractivity contribution in [2.45, 2.75) is 44.7 Å². The van der Waals surface area contributed by atoms with Gasteiger partial charge in [-0.25, -0.2) is 0 Å². The molecule has 2 aromatic rings. The van der Waals surface area contributed by atoms with E-state index < -0.39 is 23.8 Å². The average molecular weight is 405 g/mol. The standard InChI is InChI=1S/C23H23N3O4/c1-14(26-22(29)16-10-4-5-11-17(16)23(26)30)20(27)25-19-13-7-6-12-18(19)21(28)24-15-8-2-3-9-15/h4-7,10-15H,2-3,8-9H2,1H3,(H,24,28)(H,25,27). The Balaban J connectivity index is 1.50. The van der Waals surface area contributed by atoms with Gasteiger partial charge in [-0.3, -0.25) is 24.1 Å². The van der Waals surface area contributed by atoms with E-state index in [0.717, 1.165) is 30.6 Å². The minimum absolute atomic E-state index is 0.151. The number of anilines is 1. The van der Waals surface area contributed by atoms with Crippen LogP contribution in [0.15, 0.2) is 48.5 Å². The number of hydrogen-bond donors (Lipinski definition) is 2. The van der Waals surface area contributed by atoms with Crippen LogP contribution in [0.25, 0.3) is 0 Å². The number of carbonyl (C=O) groups is 4. The zero-order valence-electron chi connectivity index (χ0n) is 16.7.